The summed E-state index contributed by atoms with van der Waals surface area (Å²) in [5, 5.41) is 42.9. The lowest BCUT2D eigenvalue weighted by Gasteiger charge is -2.40. The van der Waals surface area contributed by atoms with Crippen molar-refractivity contribution in [2.45, 2.75) is 128 Å². The van der Waals surface area contributed by atoms with E-state index in [1.165, 1.54) is 64.2 Å². The lowest BCUT2D eigenvalue weighted by atomic mass is 9.99. The zero-order valence-corrected chi connectivity index (χ0v) is 21.0. The molecule has 4 N–H and O–H groups in total. The van der Waals surface area contributed by atoms with E-state index in [4.69, 9.17) is 15.0 Å². The highest BCUT2D eigenvalue weighted by Gasteiger charge is 2.44. The van der Waals surface area contributed by atoms with Crippen LogP contribution in [0.5, 0.6) is 0 Å². The van der Waals surface area contributed by atoms with Crippen molar-refractivity contribution >= 4 is 0 Å². The maximum Gasteiger partial charge on any atom is 0.186 e. The minimum absolute atomic E-state index is 0.0311. The zero-order valence-electron chi connectivity index (χ0n) is 21.0. The number of hydrogen-bond acceptors (Lipinski definition) is 7. The third-order valence-electron chi connectivity index (χ3n) is 6.50. The largest absolute Gasteiger partial charge is 0.394 e. The third-order valence-corrected chi connectivity index (χ3v) is 6.50. The van der Waals surface area contributed by atoms with Crippen LogP contribution in [0.2, 0.25) is 0 Å². The van der Waals surface area contributed by atoms with E-state index < -0.39 is 43.4 Å². The molecule has 9 heteroatoms. The Morgan fingerprint density at radius 2 is 1.53 bits per heavy atom. The summed E-state index contributed by atoms with van der Waals surface area (Å²) in [6.45, 7) is 3.61. The minimum atomic E-state index is -1.50. The predicted octanol–water partition coefficient (Wildman–Crippen LogP) is 4.38. The monoisotopic (exact) mass is 485 g/mol. The van der Waals surface area contributed by atoms with Crippen molar-refractivity contribution in [3.8, 4) is 0 Å². The number of hydrogen-bond donors (Lipinski definition) is 4. The van der Waals surface area contributed by atoms with Crippen LogP contribution in [0.25, 0.3) is 10.4 Å². The number of aliphatic hydroxyl groups excluding tert-OH is 4. The number of nitrogens with zero attached hydrogens (tertiary/aromatic N) is 3. The summed E-state index contributed by atoms with van der Waals surface area (Å²) in [4.78, 5) is 2.89. The van der Waals surface area contributed by atoms with Crippen LogP contribution in [0.1, 0.15) is 90.9 Å². The maximum atomic E-state index is 10.1. The summed E-state index contributed by atoms with van der Waals surface area (Å²) >= 11 is 0. The minimum Gasteiger partial charge on any atom is -0.394 e. The predicted molar refractivity (Wildman–Crippen MR) is 132 cm³/mol. The molecule has 7 atom stereocenters. The van der Waals surface area contributed by atoms with Crippen molar-refractivity contribution in [2.75, 3.05) is 13.2 Å². The normalized spacial score (nSPS) is 26.9. The van der Waals surface area contributed by atoms with Gasteiger partial charge in [-0.1, -0.05) is 95.3 Å². The number of azide groups is 1. The summed E-state index contributed by atoms with van der Waals surface area (Å²) in [6, 6.07) is -0.522. The molecular weight excluding hydrogens is 438 g/mol. The van der Waals surface area contributed by atoms with Gasteiger partial charge in [-0.05, 0) is 24.3 Å². The van der Waals surface area contributed by atoms with Crippen molar-refractivity contribution in [3.05, 3.63) is 22.6 Å². The Kier molecular flexibility index (Phi) is 17.3. The topological polar surface area (TPSA) is 148 Å². The molecule has 0 aromatic rings. The van der Waals surface area contributed by atoms with Gasteiger partial charge in [0.1, 0.15) is 24.4 Å². The van der Waals surface area contributed by atoms with E-state index in [1.807, 2.05) is 13.0 Å². The van der Waals surface area contributed by atoms with E-state index in [1.54, 1.807) is 0 Å². The fourth-order valence-electron chi connectivity index (χ4n) is 4.12. The molecule has 1 aliphatic heterocycles. The van der Waals surface area contributed by atoms with Gasteiger partial charge in [-0.2, -0.15) is 0 Å². The average Bonchev–Trinajstić information content (AvgIpc) is 2.84. The van der Waals surface area contributed by atoms with Gasteiger partial charge < -0.3 is 29.9 Å². The Hall–Kier alpha value is -1.19. The highest BCUT2D eigenvalue weighted by Crippen LogP contribution is 2.23. The van der Waals surface area contributed by atoms with Gasteiger partial charge in [0.15, 0.2) is 6.29 Å². The number of rotatable bonds is 19. The molecule has 9 nitrogen and oxygen atoms in total. The van der Waals surface area contributed by atoms with Crippen LogP contribution in [0, 0.1) is 5.92 Å². The second kappa shape index (κ2) is 19.1. The molecule has 1 rings (SSSR count). The molecule has 198 valence electrons. The summed E-state index contributed by atoms with van der Waals surface area (Å²) in [7, 11) is 0. The van der Waals surface area contributed by atoms with Crippen LogP contribution >= 0.6 is 0 Å². The van der Waals surface area contributed by atoms with E-state index >= 15 is 0 Å². The molecule has 1 aliphatic rings. The summed E-state index contributed by atoms with van der Waals surface area (Å²) < 4.78 is 10.9. The van der Waals surface area contributed by atoms with Gasteiger partial charge in [0.2, 0.25) is 0 Å². The zero-order chi connectivity index (χ0) is 25.2. The molecule has 0 spiro atoms. The second-order valence-corrected chi connectivity index (χ2v) is 9.41. The summed E-state index contributed by atoms with van der Waals surface area (Å²) in [6.07, 6.45) is 12.8. The Balaban J connectivity index is 2.26. The first-order valence-corrected chi connectivity index (χ1v) is 13.1. The van der Waals surface area contributed by atoms with E-state index in [0.717, 1.165) is 12.8 Å². The molecule has 1 saturated heterocycles. The van der Waals surface area contributed by atoms with Gasteiger partial charge in [0.05, 0.1) is 19.3 Å². The Labute approximate surface area is 204 Å². The van der Waals surface area contributed by atoms with Crippen LogP contribution in [-0.2, 0) is 9.47 Å². The molecule has 0 saturated carbocycles. The first kappa shape index (κ1) is 30.8. The average molecular weight is 486 g/mol. The molecular formula is C25H47N3O6. The lowest BCUT2D eigenvalue weighted by Crippen LogP contribution is -2.59. The van der Waals surface area contributed by atoms with Crippen molar-refractivity contribution in [1.82, 2.24) is 0 Å². The molecule has 0 aromatic heterocycles. The number of ether oxygens (including phenoxy) is 2. The van der Waals surface area contributed by atoms with Gasteiger partial charge in [-0.15, -0.1) is 0 Å². The van der Waals surface area contributed by atoms with Crippen molar-refractivity contribution in [3.63, 3.8) is 0 Å². The molecule has 34 heavy (non-hydrogen) atoms. The van der Waals surface area contributed by atoms with Gasteiger partial charge in [-0.25, -0.2) is 0 Å². The Morgan fingerprint density at radius 3 is 2.09 bits per heavy atom. The quantitative estimate of drug-likeness (QED) is 0.0701. The van der Waals surface area contributed by atoms with Crippen LogP contribution in [0.3, 0.4) is 0 Å². The van der Waals surface area contributed by atoms with Gasteiger partial charge in [0, 0.05) is 4.91 Å². The van der Waals surface area contributed by atoms with Crippen molar-refractivity contribution in [1.29, 1.82) is 0 Å². The van der Waals surface area contributed by atoms with Crippen molar-refractivity contribution < 1.29 is 29.9 Å². The standard InChI is InChI=1S/C25H47N3O6/c1-3-4-5-6-7-8-9-10-11-12-13-14-15-16-19(2)20(27-28-26)18-33-25-24(32)23(31)22(30)21(17-29)34-25/h15-16,19-25,29-32H,3-14,17-18H2,1-2H3/b16-15+/t19-,20-,21?,22?,23?,24?,25?/m1/s1. The number of allylic oxidation sites excluding steroid dienone is 1. The Bertz CT molecular complexity index is 585. The summed E-state index contributed by atoms with van der Waals surface area (Å²) in [5.41, 5.74) is 8.91. The maximum absolute atomic E-state index is 10.1. The first-order chi connectivity index (χ1) is 16.5. The fourth-order valence-corrected chi connectivity index (χ4v) is 4.12. The molecule has 0 radical (unpaired) electrons. The van der Waals surface area contributed by atoms with Crippen molar-refractivity contribution in [2.24, 2.45) is 11.0 Å². The first-order valence-electron chi connectivity index (χ1n) is 13.1. The number of unbranched alkanes of at least 4 members (excludes halogenated alkanes) is 11. The van der Waals surface area contributed by atoms with Crippen LogP contribution in [0.15, 0.2) is 17.3 Å². The highest BCUT2D eigenvalue weighted by atomic mass is 16.7. The van der Waals surface area contributed by atoms with Crippen LogP contribution < -0.4 is 0 Å². The van der Waals surface area contributed by atoms with E-state index in [-0.39, 0.29) is 12.5 Å². The van der Waals surface area contributed by atoms with Gasteiger partial charge in [0.25, 0.3) is 0 Å². The molecule has 5 unspecified atom stereocenters. The lowest BCUT2D eigenvalue weighted by molar-refractivity contribution is -0.302. The molecule has 0 bridgehead atoms. The molecule has 0 amide bonds. The van der Waals surface area contributed by atoms with Gasteiger partial charge >= 0.3 is 0 Å². The van der Waals surface area contributed by atoms with Crippen LogP contribution in [-0.4, -0.2) is 70.4 Å². The fraction of sp³-hybridized carbons (Fsp3) is 0.920. The summed E-state index contributed by atoms with van der Waals surface area (Å²) in [5.74, 6) is -0.0894. The van der Waals surface area contributed by atoms with Gasteiger partial charge in [-0.3, -0.25) is 0 Å². The second-order valence-electron chi connectivity index (χ2n) is 9.41. The van der Waals surface area contributed by atoms with E-state index in [9.17, 15) is 20.4 Å². The van der Waals surface area contributed by atoms with E-state index in [0.29, 0.717) is 0 Å². The number of aliphatic hydroxyl groups is 4. The third kappa shape index (κ3) is 12.0. The Morgan fingerprint density at radius 1 is 0.941 bits per heavy atom. The SMILES string of the molecule is CCCCCCCCCCCCC/C=C/[C@@H](C)[C@@H](COC1OC(CO)C(O)C(O)C1O)N=[N+]=[N-]. The molecule has 0 aliphatic carbocycles. The molecule has 1 heterocycles. The van der Waals surface area contributed by atoms with E-state index in [2.05, 4.69) is 23.0 Å². The molecule has 0 aromatic carbocycles. The smallest absolute Gasteiger partial charge is 0.186 e. The van der Waals surface area contributed by atoms with Crippen LogP contribution in [0.4, 0.5) is 0 Å². The molecule has 1 fully saturated rings. The highest BCUT2D eigenvalue weighted by molar-refractivity contribution is 4.93.